The van der Waals surface area contributed by atoms with Gasteiger partial charge in [0.15, 0.2) is 0 Å². The molecule has 0 aromatic carbocycles. The van der Waals surface area contributed by atoms with Crippen LogP contribution in [0, 0.1) is 6.92 Å². The highest BCUT2D eigenvalue weighted by Gasteiger charge is 2.28. The number of nitrogens with one attached hydrogen (secondary N) is 1. The Labute approximate surface area is 127 Å². The molecule has 0 aliphatic rings. The van der Waals surface area contributed by atoms with Crippen LogP contribution in [-0.2, 0) is 9.53 Å². The van der Waals surface area contributed by atoms with E-state index in [-0.39, 0.29) is 5.91 Å². The van der Waals surface area contributed by atoms with Gasteiger partial charge in [0.25, 0.3) is 5.91 Å². The first-order valence-electron chi connectivity index (χ1n) is 7.46. The summed E-state index contributed by atoms with van der Waals surface area (Å²) in [6, 6.07) is 3.58. The quantitative estimate of drug-likeness (QED) is 0.747. The van der Waals surface area contributed by atoms with E-state index in [2.05, 4.69) is 17.2 Å². The minimum atomic E-state index is -0.864. The van der Waals surface area contributed by atoms with Gasteiger partial charge >= 0.3 is 0 Å². The zero-order valence-electron chi connectivity index (χ0n) is 13.7. The monoisotopic (exact) mass is 294 g/mol. The number of hydrogen-bond acceptors (Lipinski definition) is 4. The van der Waals surface area contributed by atoms with Crippen molar-refractivity contribution in [3.63, 3.8) is 0 Å². The molecule has 5 nitrogen and oxygen atoms in total. The fourth-order valence-electron chi connectivity index (χ4n) is 1.77. The Kier molecular flexibility index (Phi) is 6.62. The molecule has 1 rings (SSSR count). The summed E-state index contributed by atoms with van der Waals surface area (Å²) in [4.78, 5) is 16.5. The van der Waals surface area contributed by atoms with Gasteiger partial charge in [0.2, 0.25) is 5.88 Å². The van der Waals surface area contributed by atoms with Gasteiger partial charge in [0, 0.05) is 12.7 Å². The van der Waals surface area contributed by atoms with Crippen LogP contribution in [0.2, 0.25) is 0 Å². The molecule has 0 bridgehead atoms. The minimum absolute atomic E-state index is 0.186. The molecule has 0 fully saturated rings. The summed E-state index contributed by atoms with van der Waals surface area (Å²) in [6.45, 7) is 10.5. The average Bonchev–Trinajstić information content (AvgIpc) is 2.42. The molecular formula is C16H26N2O3. The van der Waals surface area contributed by atoms with Crippen molar-refractivity contribution in [2.45, 2.75) is 53.1 Å². The first kappa shape index (κ1) is 17.4. The maximum absolute atomic E-state index is 12.2. The summed E-state index contributed by atoms with van der Waals surface area (Å²) in [7, 11) is 0. The molecule has 0 saturated heterocycles. The number of aryl methyl sites for hydroxylation is 1. The van der Waals surface area contributed by atoms with Crippen LogP contribution in [0.5, 0.6) is 5.88 Å². The Morgan fingerprint density at radius 3 is 2.62 bits per heavy atom. The number of carbonyl (C=O) groups excluding carboxylic acids is 1. The van der Waals surface area contributed by atoms with Gasteiger partial charge < -0.3 is 14.8 Å². The first-order chi connectivity index (χ1) is 9.90. The molecule has 5 heteroatoms. The Balaban J connectivity index is 2.70. The van der Waals surface area contributed by atoms with Crippen LogP contribution in [0.4, 0.5) is 5.69 Å². The fraction of sp³-hybridized carbons (Fsp3) is 0.625. The van der Waals surface area contributed by atoms with E-state index in [1.165, 1.54) is 0 Å². The van der Waals surface area contributed by atoms with Crippen LogP contribution < -0.4 is 10.1 Å². The average molecular weight is 294 g/mol. The second-order valence-corrected chi connectivity index (χ2v) is 5.38. The molecule has 21 heavy (non-hydrogen) atoms. The van der Waals surface area contributed by atoms with Crippen LogP contribution in [0.1, 0.15) is 46.2 Å². The Bertz CT molecular complexity index is 473. The van der Waals surface area contributed by atoms with Gasteiger partial charge in [0.05, 0.1) is 18.0 Å². The second-order valence-electron chi connectivity index (χ2n) is 5.38. The van der Waals surface area contributed by atoms with E-state index >= 15 is 0 Å². The number of ether oxygens (including phenoxy) is 2. The molecule has 0 spiro atoms. The summed E-state index contributed by atoms with van der Waals surface area (Å²) >= 11 is 0. The molecule has 1 amide bonds. The van der Waals surface area contributed by atoms with Crippen molar-refractivity contribution in [3.05, 3.63) is 17.8 Å². The van der Waals surface area contributed by atoms with Crippen LogP contribution in [0.25, 0.3) is 0 Å². The lowest BCUT2D eigenvalue weighted by atomic mass is 10.1. The SMILES string of the molecule is CCCCOc1ccc(NC(=O)C(C)(C)OCC)c(C)n1. The molecule has 0 atom stereocenters. The van der Waals surface area contributed by atoms with Gasteiger partial charge in [-0.25, -0.2) is 4.98 Å². The molecule has 1 aromatic rings. The Morgan fingerprint density at radius 2 is 2.05 bits per heavy atom. The van der Waals surface area contributed by atoms with E-state index in [9.17, 15) is 4.79 Å². The lowest BCUT2D eigenvalue weighted by Gasteiger charge is -2.23. The molecular weight excluding hydrogens is 268 g/mol. The first-order valence-corrected chi connectivity index (χ1v) is 7.46. The maximum atomic E-state index is 12.2. The predicted octanol–water partition coefficient (Wildman–Crippen LogP) is 3.32. The molecule has 1 heterocycles. The maximum Gasteiger partial charge on any atom is 0.256 e. The summed E-state index contributed by atoms with van der Waals surface area (Å²) in [5.41, 5.74) is 0.539. The number of unbranched alkanes of at least 4 members (excludes halogenated alkanes) is 1. The minimum Gasteiger partial charge on any atom is -0.478 e. The van der Waals surface area contributed by atoms with Crippen molar-refractivity contribution >= 4 is 11.6 Å². The summed E-state index contributed by atoms with van der Waals surface area (Å²) in [5, 5.41) is 2.85. The van der Waals surface area contributed by atoms with E-state index in [0.29, 0.717) is 24.8 Å². The van der Waals surface area contributed by atoms with Crippen molar-refractivity contribution < 1.29 is 14.3 Å². The third kappa shape index (κ3) is 5.34. The largest absolute Gasteiger partial charge is 0.478 e. The zero-order valence-corrected chi connectivity index (χ0v) is 13.7. The van der Waals surface area contributed by atoms with Crippen molar-refractivity contribution in [2.75, 3.05) is 18.5 Å². The lowest BCUT2D eigenvalue weighted by Crippen LogP contribution is -2.40. The van der Waals surface area contributed by atoms with E-state index in [4.69, 9.17) is 9.47 Å². The summed E-state index contributed by atoms with van der Waals surface area (Å²) < 4.78 is 11.0. The van der Waals surface area contributed by atoms with Crippen LogP contribution in [-0.4, -0.2) is 29.7 Å². The van der Waals surface area contributed by atoms with Gasteiger partial charge in [-0.3, -0.25) is 4.79 Å². The van der Waals surface area contributed by atoms with E-state index < -0.39 is 5.60 Å². The highest BCUT2D eigenvalue weighted by Crippen LogP contribution is 2.20. The zero-order chi connectivity index (χ0) is 15.9. The molecule has 0 aliphatic heterocycles. The Morgan fingerprint density at radius 1 is 1.33 bits per heavy atom. The molecule has 1 aromatic heterocycles. The number of anilines is 1. The normalized spacial score (nSPS) is 11.3. The third-order valence-corrected chi connectivity index (χ3v) is 3.11. The second kappa shape index (κ2) is 7.98. The molecule has 118 valence electrons. The van der Waals surface area contributed by atoms with E-state index in [0.717, 1.165) is 18.5 Å². The molecule has 1 N–H and O–H groups in total. The number of aromatic nitrogens is 1. The van der Waals surface area contributed by atoms with Crippen molar-refractivity contribution in [1.29, 1.82) is 0 Å². The van der Waals surface area contributed by atoms with Crippen molar-refractivity contribution in [3.8, 4) is 5.88 Å². The van der Waals surface area contributed by atoms with Crippen molar-refractivity contribution in [1.82, 2.24) is 4.98 Å². The number of pyridine rings is 1. The fourth-order valence-corrected chi connectivity index (χ4v) is 1.77. The van der Waals surface area contributed by atoms with Gasteiger partial charge in [-0.1, -0.05) is 13.3 Å². The topological polar surface area (TPSA) is 60.5 Å². The Hall–Kier alpha value is -1.62. The van der Waals surface area contributed by atoms with E-state index in [1.807, 2.05) is 19.9 Å². The van der Waals surface area contributed by atoms with Gasteiger partial charge in [-0.05, 0) is 40.2 Å². The standard InChI is InChI=1S/C16H26N2O3/c1-6-8-11-20-14-10-9-13(12(3)17-14)18-15(19)16(4,5)21-7-2/h9-10H,6-8,11H2,1-5H3,(H,18,19). The number of rotatable bonds is 8. The molecule has 0 radical (unpaired) electrons. The van der Waals surface area contributed by atoms with Crippen LogP contribution in [0.3, 0.4) is 0 Å². The number of amides is 1. The molecule has 0 saturated carbocycles. The smallest absolute Gasteiger partial charge is 0.256 e. The van der Waals surface area contributed by atoms with Gasteiger partial charge in [0.1, 0.15) is 5.60 Å². The lowest BCUT2D eigenvalue weighted by molar-refractivity contribution is -0.136. The van der Waals surface area contributed by atoms with Crippen LogP contribution >= 0.6 is 0 Å². The number of carbonyl (C=O) groups is 1. The predicted molar refractivity (Wildman–Crippen MR) is 83.7 cm³/mol. The van der Waals surface area contributed by atoms with Crippen LogP contribution in [0.15, 0.2) is 12.1 Å². The number of nitrogens with zero attached hydrogens (tertiary/aromatic N) is 1. The van der Waals surface area contributed by atoms with Gasteiger partial charge in [-0.2, -0.15) is 0 Å². The highest BCUT2D eigenvalue weighted by molar-refractivity contribution is 5.97. The van der Waals surface area contributed by atoms with Crippen molar-refractivity contribution in [2.24, 2.45) is 0 Å². The summed E-state index contributed by atoms with van der Waals surface area (Å²) in [6.07, 6.45) is 2.08. The van der Waals surface area contributed by atoms with E-state index in [1.54, 1.807) is 19.9 Å². The van der Waals surface area contributed by atoms with Gasteiger partial charge in [-0.15, -0.1) is 0 Å². The molecule has 0 aliphatic carbocycles. The summed E-state index contributed by atoms with van der Waals surface area (Å²) in [5.74, 6) is 0.400. The number of hydrogen-bond donors (Lipinski definition) is 1. The highest BCUT2D eigenvalue weighted by atomic mass is 16.5. The third-order valence-electron chi connectivity index (χ3n) is 3.11. The molecule has 0 unspecified atom stereocenters.